The average Bonchev–Trinajstić information content (AvgIpc) is 2.58. The first-order valence-electron chi connectivity index (χ1n) is 8.36. The molecule has 0 fully saturated rings. The van der Waals surface area contributed by atoms with Gasteiger partial charge in [-0.15, -0.1) is 0 Å². The van der Waals surface area contributed by atoms with Gasteiger partial charge in [-0.05, 0) is 38.0 Å². The normalized spacial score (nSPS) is 12.0. The summed E-state index contributed by atoms with van der Waals surface area (Å²) in [6.07, 6.45) is -0.241. The van der Waals surface area contributed by atoms with Crippen LogP contribution in [0.4, 0.5) is 0 Å². The van der Waals surface area contributed by atoms with Crippen LogP contribution in [0.15, 0.2) is 27.4 Å². The molecule has 0 aliphatic heterocycles. The Hall–Kier alpha value is -2.63. The molecule has 0 N–H and O–H groups in total. The highest BCUT2D eigenvalue weighted by Gasteiger charge is 2.25. The number of ether oxygens (including phenoxy) is 2. The van der Waals surface area contributed by atoms with Crippen molar-refractivity contribution in [1.82, 2.24) is 0 Å². The van der Waals surface area contributed by atoms with Crippen molar-refractivity contribution in [3.05, 3.63) is 39.7 Å². The van der Waals surface area contributed by atoms with Gasteiger partial charge in [0.1, 0.15) is 11.3 Å². The molecule has 1 heterocycles. The molecule has 2 rings (SSSR count). The lowest BCUT2D eigenvalue weighted by Crippen LogP contribution is -2.29. The molecule has 0 aliphatic rings. The third-order valence-electron chi connectivity index (χ3n) is 3.87. The average molecular weight is 346 g/mol. The molecule has 1 aromatic heterocycles. The molecule has 6 heteroatoms. The van der Waals surface area contributed by atoms with E-state index in [-0.39, 0.29) is 35.7 Å². The van der Waals surface area contributed by atoms with Crippen molar-refractivity contribution in [3.63, 3.8) is 0 Å². The molecular formula is C19H22O6. The zero-order valence-corrected chi connectivity index (χ0v) is 14.9. The molecule has 0 aliphatic carbocycles. The number of esters is 1. The van der Waals surface area contributed by atoms with Gasteiger partial charge in [-0.3, -0.25) is 4.79 Å². The maximum atomic E-state index is 12.5. The zero-order chi connectivity index (χ0) is 18.6. The van der Waals surface area contributed by atoms with Crippen molar-refractivity contribution >= 4 is 22.7 Å². The van der Waals surface area contributed by atoms with E-state index in [4.69, 9.17) is 13.9 Å². The van der Waals surface area contributed by atoms with Crippen LogP contribution in [0.2, 0.25) is 0 Å². The molecule has 1 aromatic carbocycles. The third-order valence-corrected chi connectivity index (χ3v) is 3.87. The van der Waals surface area contributed by atoms with Crippen molar-refractivity contribution in [1.29, 1.82) is 0 Å². The topological polar surface area (TPSA) is 82.8 Å². The number of aryl methyl sites for hydroxylation is 1. The number of fused-ring (bicyclic) bond motifs is 1. The van der Waals surface area contributed by atoms with Gasteiger partial charge in [0.15, 0.2) is 17.5 Å². The van der Waals surface area contributed by atoms with Gasteiger partial charge in [0.05, 0.1) is 6.61 Å². The predicted octanol–water partition coefficient (Wildman–Crippen LogP) is 3.41. The Morgan fingerprint density at radius 3 is 2.52 bits per heavy atom. The molecule has 0 bridgehead atoms. The van der Waals surface area contributed by atoms with Gasteiger partial charge in [-0.25, -0.2) is 9.59 Å². The fraction of sp³-hybridized carbons (Fsp3) is 0.421. The molecule has 0 amide bonds. The molecule has 0 saturated heterocycles. The highest BCUT2D eigenvalue weighted by molar-refractivity contribution is 6.08. The van der Waals surface area contributed by atoms with Crippen LogP contribution in [0.5, 0.6) is 5.75 Å². The van der Waals surface area contributed by atoms with Gasteiger partial charge in [-0.2, -0.15) is 0 Å². The maximum Gasteiger partial charge on any atom is 0.347 e. The standard InChI is InChI=1S/C19H22O6/c1-5-13(20)17-15(24-14(6-2)19(22)23-7-3)9-8-12-11(4)10-16(21)25-18(12)17/h8-10,14H,5-7H2,1-4H3/t14-/m0/s1. The van der Waals surface area contributed by atoms with Gasteiger partial charge in [0, 0.05) is 17.9 Å². The van der Waals surface area contributed by atoms with E-state index in [1.807, 2.05) is 0 Å². The summed E-state index contributed by atoms with van der Waals surface area (Å²) in [6.45, 7) is 7.22. The minimum Gasteiger partial charge on any atom is -0.478 e. The number of hydrogen-bond donors (Lipinski definition) is 0. The molecule has 0 radical (unpaired) electrons. The largest absolute Gasteiger partial charge is 0.478 e. The van der Waals surface area contributed by atoms with E-state index >= 15 is 0 Å². The minimum absolute atomic E-state index is 0.184. The summed E-state index contributed by atoms with van der Waals surface area (Å²) >= 11 is 0. The van der Waals surface area contributed by atoms with E-state index < -0.39 is 17.7 Å². The Morgan fingerprint density at radius 2 is 1.92 bits per heavy atom. The smallest absolute Gasteiger partial charge is 0.347 e. The molecule has 1 atom stereocenters. The summed E-state index contributed by atoms with van der Waals surface area (Å²) in [5.41, 5.74) is 0.543. The summed E-state index contributed by atoms with van der Waals surface area (Å²) in [7, 11) is 0. The molecule has 25 heavy (non-hydrogen) atoms. The Balaban J connectivity index is 2.61. The highest BCUT2D eigenvalue weighted by Crippen LogP contribution is 2.31. The lowest BCUT2D eigenvalue weighted by atomic mass is 10.0. The molecule has 6 nitrogen and oxygen atoms in total. The first kappa shape index (κ1) is 18.7. The summed E-state index contributed by atoms with van der Waals surface area (Å²) in [5, 5.41) is 0.660. The molecule has 0 unspecified atom stereocenters. The summed E-state index contributed by atoms with van der Waals surface area (Å²) in [5.74, 6) is -0.508. The van der Waals surface area contributed by atoms with Crippen LogP contribution in [-0.4, -0.2) is 24.5 Å². The molecule has 134 valence electrons. The van der Waals surface area contributed by atoms with Gasteiger partial charge in [0.2, 0.25) is 0 Å². The van der Waals surface area contributed by atoms with E-state index in [0.717, 1.165) is 0 Å². The molecular weight excluding hydrogens is 324 g/mol. The van der Waals surface area contributed by atoms with E-state index in [1.54, 1.807) is 39.8 Å². The third kappa shape index (κ3) is 3.90. The molecule has 0 spiro atoms. The Morgan fingerprint density at radius 1 is 1.20 bits per heavy atom. The monoisotopic (exact) mass is 346 g/mol. The zero-order valence-electron chi connectivity index (χ0n) is 14.9. The summed E-state index contributed by atoms with van der Waals surface area (Å²) < 4.78 is 16.0. The molecule has 0 saturated carbocycles. The van der Waals surface area contributed by atoms with E-state index in [2.05, 4.69) is 0 Å². The fourth-order valence-electron chi connectivity index (χ4n) is 2.59. The van der Waals surface area contributed by atoms with Gasteiger partial charge < -0.3 is 13.9 Å². The van der Waals surface area contributed by atoms with Crippen LogP contribution < -0.4 is 10.4 Å². The van der Waals surface area contributed by atoms with Gasteiger partial charge >= 0.3 is 11.6 Å². The van der Waals surface area contributed by atoms with Crippen molar-refractivity contribution in [2.45, 2.75) is 46.6 Å². The van der Waals surface area contributed by atoms with Crippen molar-refractivity contribution in [3.8, 4) is 5.75 Å². The van der Waals surface area contributed by atoms with Crippen LogP contribution >= 0.6 is 0 Å². The fourth-order valence-corrected chi connectivity index (χ4v) is 2.59. The Bertz CT molecular complexity index is 849. The molecule has 2 aromatic rings. The van der Waals surface area contributed by atoms with Crippen LogP contribution in [0.1, 0.15) is 49.5 Å². The lowest BCUT2D eigenvalue weighted by molar-refractivity contribution is -0.151. The Kier molecular flexibility index (Phi) is 5.96. The van der Waals surface area contributed by atoms with Crippen molar-refractivity contribution in [2.24, 2.45) is 0 Å². The van der Waals surface area contributed by atoms with E-state index in [1.165, 1.54) is 6.07 Å². The lowest BCUT2D eigenvalue weighted by Gasteiger charge is -2.18. The highest BCUT2D eigenvalue weighted by atomic mass is 16.6. The number of carbonyl (C=O) groups excluding carboxylic acids is 2. The second kappa shape index (κ2) is 7.96. The number of benzene rings is 1. The van der Waals surface area contributed by atoms with Crippen LogP contribution in [0, 0.1) is 6.92 Å². The summed E-state index contributed by atoms with van der Waals surface area (Å²) in [4.78, 5) is 36.2. The number of carbonyl (C=O) groups is 2. The Labute approximate surface area is 145 Å². The van der Waals surface area contributed by atoms with Crippen molar-refractivity contribution < 1.29 is 23.5 Å². The van der Waals surface area contributed by atoms with Gasteiger partial charge in [-0.1, -0.05) is 13.8 Å². The number of ketones is 1. The number of Topliss-reactive ketones (excluding diaryl/α,β-unsaturated/α-hetero) is 1. The number of rotatable bonds is 7. The second-order valence-electron chi connectivity index (χ2n) is 5.61. The van der Waals surface area contributed by atoms with E-state index in [0.29, 0.717) is 17.4 Å². The summed E-state index contributed by atoms with van der Waals surface area (Å²) in [6, 6.07) is 4.71. The minimum atomic E-state index is -0.836. The maximum absolute atomic E-state index is 12.5. The first-order chi connectivity index (χ1) is 11.9. The van der Waals surface area contributed by atoms with Crippen LogP contribution in [0.3, 0.4) is 0 Å². The second-order valence-corrected chi connectivity index (χ2v) is 5.61. The van der Waals surface area contributed by atoms with Gasteiger partial charge in [0.25, 0.3) is 0 Å². The SMILES string of the molecule is CCOC(=O)[C@H](CC)Oc1ccc2c(C)cc(=O)oc2c1C(=O)CC. The van der Waals surface area contributed by atoms with Crippen LogP contribution in [0.25, 0.3) is 11.0 Å². The number of hydrogen-bond acceptors (Lipinski definition) is 6. The quantitative estimate of drug-likeness (QED) is 0.434. The van der Waals surface area contributed by atoms with Crippen molar-refractivity contribution in [2.75, 3.05) is 6.61 Å². The van der Waals surface area contributed by atoms with E-state index in [9.17, 15) is 14.4 Å². The predicted molar refractivity (Wildman–Crippen MR) is 93.2 cm³/mol. The first-order valence-corrected chi connectivity index (χ1v) is 8.36. The van der Waals surface area contributed by atoms with Crippen LogP contribution in [-0.2, 0) is 9.53 Å².